The highest BCUT2D eigenvalue weighted by Crippen LogP contribution is 2.28. The molecule has 0 spiro atoms. The third kappa shape index (κ3) is 3.38. The average Bonchev–Trinajstić information content (AvgIpc) is 2.16. The van der Waals surface area contributed by atoms with Crippen molar-refractivity contribution >= 4 is 29.1 Å². The number of rotatable bonds is 4. The van der Waals surface area contributed by atoms with Gasteiger partial charge in [0.2, 0.25) is 0 Å². The van der Waals surface area contributed by atoms with E-state index in [0.717, 1.165) is 4.90 Å². The lowest BCUT2D eigenvalue weighted by molar-refractivity contribution is 0.208. The quantitative estimate of drug-likeness (QED) is 0.541. The van der Waals surface area contributed by atoms with Crippen LogP contribution in [0.5, 0.6) is 0 Å². The standard InChI is InChI=1S/C9H13ClN2OS/c10-8-3-6(12)1-2-9(8)14-5-7(13)4-11/h1-3,7,13H,4-5,11-12H2. The van der Waals surface area contributed by atoms with Crippen LogP contribution in [0.2, 0.25) is 5.02 Å². The van der Waals surface area contributed by atoms with Crippen molar-refractivity contribution in [3.05, 3.63) is 23.2 Å². The van der Waals surface area contributed by atoms with Crippen LogP contribution in [-0.4, -0.2) is 23.5 Å². The average molecular weight is 233 g/mol. The highest BCUT2D eigenvalue weighted by atomic mass is 35.5. The minimum absolute atomic E-state index is 0.263. The smallest absolute Gasteiger partial charge is 0.0756 e. The van der Waals surface area contributed by atoms with Crippen LogP contribution in [0.15, 0.2) is 23.1 Å². The summed E-state index contributed by atoms with van der Waals surface area (Å²) in [4.78, 5) is 0.911. The number of nitrogens with two attached hydrogens (primary N) is 2. The molecule has 0 saturated carbocycles. The van der Waals surface area contributed by atoms with Crippen molar-refractivity contribution in [2.75, 3.05) is 18.0 Å². The highest BCUT2D eigenvalue weighted by molar-refractivity contribution is 7.99. The van der Waals surface area contributed by atoms with Gasteiger partial charge in [-0.2, -0.15) is 0 Å². The van der Waals surface area contributed by atoms with Crippen LogP contribution in [0.3, 0.4) is 0 Å². The Labute approximate surface area is 92.4 Å². The number of aliphatic hydroxyl groups excluding tert-OH is 1. The van der Waals surface area contributed by atoms with Crippen molar-refractivity contribution in [1.82, 2.24) is 0 Å². The summed E-state index contributed by atoms with van der Waals surface area (Å²) in [7, 11) is 0. The molecule has 0 bridgehead atoms. The van der Waals surface area contributed by atoms with Gasteiger partial charge >= 0.3 is 0 Å². The fourth-order valence-corrected chi connectivity index (χ4v) is 2.11. The van der Waals surface area contributed by atoms with Crippen molar-refractivity contribution in [3.63, 3.8) is 0 Å². The lowest BCUT2D eigenvalue weighted by Crippen LogP contribution is -2.21. The Morgan fingerprint density at radius 3 is 2.79 bits per heavy atom. The molecule has 1 aromatic rings. The molecule has 0 amide bonds. The molecule has 0 aliphatic carbocycles. The van der Waals surface area contributed by atoms with E-state index < -0.39 is 6.10 Å². The van der Waals surface area contributed by atoms with Gasteiger partial charge in [0, 0.05) is 22.9 Å². The van der Waals surface area contributed by atoms with Crippen LogP contribution in [0, 0.1) is 0 Å². The maximum Gasteiger partial charge on any atom is 0.0756 e. The van der Waals surface area contributed by atoms with Gasteiger partial charge in [-0.1, -0.05) is 11.6 Å². The van der Waals surface area contributed by atoms with E-state index in [2.05, 4.69) is 0 Å². The molecule has 0 radical (unpaired) electrons. The summed E-state index contributed by atoms with van der Waals surface area (Å²) in [5, 5.41) is 9.86. The van der Waals surface area contributed by atoms with E-state index in [1.165, 1.54) is 11.8 Å². The minimum atomic E-state index is -0.492. The zero-order valence-corrected chi connectivity index (χ0v) is 9.18. The van der Waals surface area contributed by atoms with Crippen LogP contribution >= 0.6 is 23.4 Å². The second kappa shape index (κ2) is 5.46. The van der Waals surface area contributed by atoms with Gasteiger partial charge in [0.05, 0.1) is 11.1 Å². The lowest BCUT2D eigenvalue weighted by atomic mass is 10.3. The Hall–Kier alpha value is -0.420. The van der Waals surface area contributed by atoms with E-state index in [4.69, 9.17) is 23.1 Å². The normalized spacial score (nSPS) is 12.8. The first kappa shape index (κ1) is 11.7. The largest absolute Gasteiger partial charge is 0.399 e. The summed E-state index contributed by atoms with van der Waals surface area (Å²) in [5.74, 6) is 0.542. The van der Waals surface area contributed by atoms with E-state index in [0.29, 0.717) is 16.5 Å². The van der Waals surface area contributed by atoms with Crippen molar-refractivity contribution in [3.8, 4) is 0 Å². The summed E-state index contributed by atoms with van der Waals surface area (Å²) in [6.07, 6.45) is -0.492. The zero-order chi connectivity index (χ0) is 10.6. The number of anilines is 1. The Morgan fingerprint density at radius 1 is 1.50 bits per heavy atom. The maximum absolute atomic E-state index is 9.25. The molecule has 0 aliphatic rings. The summed E-state index contributed by atoms with van der Waals surface area (Å²) in [5.41, 5.74) is 11.5. The van der Waals surface area contributed by atoms with Gasteiger partial charge in [-0.05, 0) is 18.2 Å². The molecule has 0 heterocycles. The molecule has 0 fully saturated rings. The molecule has 1 unspecified atom stereocenters. The Morgan fingerprint density at radius 2 is 2.21 bits per heavy atom. The second-order valence-electron chi connectivity index (χ2n) is 2.89. The van der Waals surface area contributed by atoms with Crippen molar-refractivity contribution < 1.29 is 5.11 Å². The molecule has 5 heteroatoms. The van der Waals surface area contributed by atoms with E-state index in [-0.39, 0.29) is 6.54 Å². The second-order valence-corrected chi connectivity index (χ2v) is 4.36. The van der Waals surface area contributed by atoms with Gasteiger partial charge in [0.15, 0.2) is 0 Å². The molecular weight excluding hydrogens is 220 g/mol. The van der Waals surface area contributed by atoms with Crippen LogP contribution in [0.4, 0.5) is 5.69 Å². The predicted molar refractivity (Wildman–Crippen MR) is 61.6 cm³/mol. The summed E-state index contributed by atoms with van der Waals surface area (Å²) in [6.45, 7) is 0.263. The first-order valence-corrected chi connectivity index (χ1v) is 5.55. The number of hydrogen-bond acceptors (Lipinski definition) is 4. The van der Waals surface area contributed by atoms with Gasteiger partial charge in [0.25, 0.3) is 0 Å². The molecule has 5 N–H and O–H groups in total. The minimum Gasteiger partial charge on any atom is -0.399 e. The third-order valence-electron chi connectivity index (χ3n) is 1.66. The topological polar surface area (TPSA) is 72.3 Å². The monoisotopic (exact) mass is 232 g/mol. The Bertz CT molecular complexity index is 309. The van der Waals surface area contributed by atoms with E-state index >= 15 is 0 Å². The molecule has 1 atom stereocenters. The van der Waals surface area contributed by atoms with Crippen LogP contribution in [0.1, 0.15) is 0 Å². The fraction of sp³-hybridized carbons (Fsp3) is 0.333. The molecule has 14 heavy (non-hydrogen) atoms. The predicted octanol–water partition coefficient (Wildman–Crippen LogP) is 1.33. The molecule has 1 aromatic carbocycles. The Balaban J connectivity index is 2.59. The van der Waals surface area contributed by atoms with Gasteiger partial charge in [-0.25, -0.2) is 0 Å². The molecular formula is C9H13ClN2OS. The number of benzene rings is 1. The molecule has 78 valence electrons. The van der Waals surface area contributed by atoms with Crippen molar-refractivity contribution in [1.29, 1.82) is 0 Å². The van der Waals surface area contributed by atoms with E-state index in [9.17, 15) is 5.11 Å². The fourth-order valence-electron chi connectivity index (χ4n) is 0.888. The van der Waals surface area contributed by atoms with E-state index in [1.807, 2.05) is 6.07 Å². The number of thioether (sulfide) groups is 1. The summed E-state index contributed by atoms with van der Waals surface area (Å²) >= 11 is 7.41. The molecule has 3 nitrogen and oxygen atoms in total. The van der Waals surface area contributed by atoms with Crippen LogP contribution < -0.4 is 11.5 Å². The summed E-state index contributed by atoms with van der Waals surface area (Å²) < 4.78 is 0. The third-order valence-corrected chi connectivity index (χ3v) is 3.30. The number of hydrogen-bond donors (Lipinski definition) is 3. The molecule has 1 rings (SSSR count). The van der Waals surface area contributed by atoms with Gasteiger partial charge in [0.1, 0.15) is 0 Å². The molecule has 0 aliphatic heterocycles. The van der Waals surface area contributed by atoms with Crippen molar-refractivity contribution in [2.45, 2.75) is 11.0 Å². The van der Waals surface area contributed by atoms with Crippen LogP contribution in [0.25, 0.3) is 0 Å². The zero-order valence-electron chi connectivity index (χ0n) is 7.61. The van der Waals surface area contributed by atoms with Gasteiger partial charge in [-0.15, -0.1) is 11.8 Å². The SMILES string of the molecule is NCC(O)CSc1ccc(N)cc1Cl. The first-order valence-electron chi connectivity index (χ1n) is 4.19. The van der Waals surface area contributed by atoms with Gasteiger partial charge < -0.3 is 16.6 Å². The first-order chi connectivity index (χ1) is 6.63. The number of nitrogen functional groups attached to an aromatic ring is 1. The molecule has 0 aromatic heterocycles. The van der Waals surface area contributed by atoms with Gasteiger partial charge in [-0.3, -0.25) is 0 Å². The van der Waals surface area contributed by atoms with Crippen LogP contribution in [-0.2, 0) is 0 Å². The molecule has 0 saturated heterocycles. The number of aliphatic hydroxyl groups is 1. The Kier molecular flexibility index (Phi) is 4.54. The maximum atomic E-state index is 9.25. The summed E-state index contributed by atoms with van der Waals surface area (Å²) in [6, 6.07) is 5.31. The van der Waals surface area contributed by atoms with E-state index in [1.54, 1.807) is 12.1 Å². The lowest BCUT2D eigenvalue weighted by Gasteiger charge is -2.08. The number of halogens is 1. The highest BCUT2D eigenvalue weighted by Gasteiger charge is 2.05. The van der Waals surface area contributed by atoms with Crippen molar-refractivity contribution in [2.24, 2.45) is 5.73 Å².